The highest BCUT2D eigenvalue weighted by Crippen LogP contribution is 2.30. The van der Waals surface area contributed by atoms with Crippen molar-refractivity contribution < 1.29 is 18.7 Å². The van der Waals surface area contributed by atoms with Gasteiger partial charge in [0.2, 0.25) is 5.91 Å². The number of benzene rings is 1. The maximum absolute atomic E-state index is 12.3. The normalized spacial score (nSPS) is 13.0. The Kier molecular flexibility index (Phi) is 4.01. The van der Waals surface area contributed by atoms with Crippen molar-refractivity contribution in [2.75, 3.05) is 12.4 Å². The third kappa shape index (κ3) is 3.02. The zero-order valence-electron chi connectivity index (χ0n) is 13.6. The molecule has 0 bridgehead atoms. The molecule has 0 atom stereocenters. The largest absolute Gasteiger partial charge is 0.465 e. The number of hydrogen-bond acceptors (Lipinski definition) is 6. The number of hydrogen-bond donors (Lipinski definition) is 1. The molecule has 1 amide bonds. The minimum atomic E-state index is -0.465. The summed E-state index contributed by atoms with van der Waals surface area (Å²) in [4.78, 5) is 28.1. The highest BCUT2D eigenvalue weighted by Gasteiger charge is 2.18. The minimum absolute atomic E-state index is 0.193. The van der Waals surface area contributed by atoms with E-state index < -0.39 is 5.97 Å². The van der Waals surface area contributed by atoms with E-state index in [0.717, 1.165) is 40.7 Å². The number of amides is 1. The molecule has 4 rings (SSSR count). The van der Waals surface area contributed by atoms with Gasteiger partial charge in [0.25, 0.3) is 0 Å². The smallest absolute Gasteiger partial charge is 0.349 e. The van der Waals surface area contributed by atoms with E-state index in [1.54, 1.807) is 6.26 Å². The van der Waals surface area contributed by atoms with Gasteiger partial charge in [0.15, 0.2) is 5.13 Å². The fraction of sp³-hybridized carbons (Fsp3) is 0.278. The van der Waals surface area contributed by atoms with Gasteiger partial charge in [-0.15, -0.1) is 0 Å². The maximum Gasteiger partial charge on any atom is 0.349 e. The molecule has 0 fully saturated rings. The highest BCUT2D eigenvalue weighted by molar-refractivity contribution is 7.17. The number of aryl methyl sites for hydroxylation is 2. The zero-order chi connectivity index (χ0) is 17.4. The third-order valence-corrected chi connectivity index (χ3v) is 5.25. The molecule has 1 N–H and O–H groups in total. The van der Waals surface area contributed by atoms with E-state index in [0.29, 0.717) is 10.0 Å². The third-order valence-electron chi connectivity index (χ3n) is 4.36. The molecule has 6 nitrogen and oxygen atoms in total. The summed E-state index contributed by atoms with van der Waals surface area (Å²) in [6, 6.07) is 4.23. The first-order chi connectivity index (χ1) is 12.1. The second-order valence-electron chi connectivity index (χ2n) is 5.98. The van der Waals surface area contributed by atoms with Crippen LogP contribution in [0.2, 0.25) is 0 Å². The van der Waals surface area contributed by atoms with Crippen LogP contribution in [0.4, 0.5) is 5.13 Å². The van der Waals surface area contributed by atoms with Crippen molar-refractivity contribution >= 4 is 39.3 Å². The molecule has 1 aromatic carbocycles. The number of rotatable bonds is 4. The molecule has 128 valence electrons. The minimum Gasteiger partial charge on any atom is -0.465 e. The number of esters is 1. The second kappa shape index (κ2) is 6.33. The Morgan fingerprint density at radius 2 is 2.12 bits per heavy atom. The van der Waals surface area contributed by atoms with Crippen molar-refractivity contribution in [1.82, 2.24) is 4.98 Å². The molecular weight excluding hydrogens is 340 g/mol. The monoisotopic (exact) mass is 356 g/mol. The van der Waals surface area contributed by atoms with Crippen LogP contribution in [0.15, 0.2) is 29.0 Å². The molecule has 0 radical (unpaired) electrons. The van der Waals surface area contributed by atoms with Crippen molar-refractivity contribution in [3.8, 4) is 0 Å². The predicted octanol–water partition coefficient (Wildman–Crippen LogP) is 3.35. The Morgan fingerprint density at radius 1 is 1.32 bits per heavy atom. The number of ether oxygens (including phenoxy) is 1. The molecule has 7 heteroatoms. The second-order valence-corrected chi connectivity index (χ2v) is 7.01. The van der Waals surface area contributed by atoms with E-state index >= 15 is 0 Å². The number of furan rings is 1. The SMILES string of the molecule is COC(=O)c1cnc(NC(=O)Cc2coc3cc4c(cc23)CCC4)s1. The van der Waals surface area contributed by atoms with Gasteiger partial charge in [-0.25, -0.2) is 9.78 Å². The molecule has 0 saturated carbocycles. The van der Waals surface area contributed by atoms with E-state index in [4.69, 9.17) is 4.42 Å². The van der Waals surface area contributed by atoms with Crippen LogP contribution in [0.3, 0.4) is 0 Å². The molecule has 1 aliphatic rings. The lowest BCUT2D eigenvalue weighted by Gasteiger charge is -2.02. The van der Waals surface area contributed by atoms with Crippen molar-refractivity contribution in [1.29, 1.82) is 0 Å². The van der Waals surface area contributed by atoms with Gasteiger partial charge in [-0.05, 0) is 42.5 Å². The number of thiazole rings is 1. The average Bonchev–Trinajstić information content (AvgIpc) is 3.32. The summed E-state index contributed by atoms with van der Waals surface area (Å²) in [5.41, 5.74) is 4.37. The van der Waals surface area contributed by atoms with Gasteiger partial charge < -0.3 is 14.5 Å². The summed E-state index contributed by atoms with van der Waals surface area (Å²) >= 11 is 1.09. The van der Waals surface area contributed by atoms with Crippen molar-refractivity contribution in [3.63, 3.8) is 0 Å². The highest BCUT2D eigenvalue weighted by atomic mass is 32.1. The number of anilines is 1. The number of nitrogens with zero attached hydrogens (tertiary/aromatic N) is 1. The first-order valence-electron chi connectivity index (χ1n) is 8.00. The van der Waals surface area contributed by atoms with Gasteiger partial charge in [0.05, 0.1) is 26.0 Å². The summed E-state index contributed by atoms with van der Waals surface area (Å²) in [5.74, 6) is -0.665. The lowest BCUT2D eigenvalue weighted by molar-refractivity contribution is -0.115. The standard InChI is InChI=1S/C18H16N2O4S/c1-23-17(22)15-8-19-18(25-15)20-16(21)7-12-9-24-14-6-11-4-2-3-10(11)5-13(12)14/h5-6,8-9H,2-4,7H2,1H3,(H,19,20,21). The Hall–Kier alpha value is -2.67. The van der Waals surface area contributed by atoms with Gasteiger partial charge in [0, 0.05) is 10.9 Å². The maximum atomic E-state index is 12.3. The quantitative estimate of drug-likeness (QED) is 0.725. The molecule has 0 spiro atoms. The van der Waals surface area contributed by atoms with Crippen LogP contribution in [0.5, 0.6) is 0 Å². The van der Waals surface area contributed by atoms with E-state index in [2.05, 4.69) is 27.2 Å². The fourth-order valence-electron chi connectivity index (χ4n) is 3.15. The van der Waals surface area contributed by atoms with Gasteiger partial charge in [-0.3, -0.25) is 4.79 Å². The van der Waals surface area contributed by atoms with Crippen LogP contribution in [0, 0.1) is 0 Å². The summed E-state index contributed by atoms with van der Waals surface area (Å²) in [5, 5.41) is 4.08. The number of methoxy groups -OCH3 is 1. The van der Waals surface area contributed by atoms with Crippen molar-refractivity contribution in [2.45, 2.75) is 25.7 Å². The summed E-state index contributed by atoms with van der Waals surface area (Å²) in [7, 11) is 1.31. The van der Waals surface area contributed by atoms with Crippen LogP contribution in [-0.4, -0.2) is 24.0 Å². The molecule has 0 aliphatic heterocycles. The average molecular weight is 356 g/mol. The number of fused-ring (bicyclic) bond motifs is 2. The van der Waals surface area contributed by atoms with Crippen LogP contribution >= 0.6 is 11.3 Å². The van der Waals surface area contributed by atoms with E-state index in [9.17, 15) is 9.59 Å². The van der Waals surface area contributed by atoms with E-state index in [1.165, 1.54) is 30.9 Å². The zero-order valence-corrected chi connectivity index (χ0v) is 14.4. The van der Waals surface area contributed by atoms with Gasteiger partial charge in [-0.1, -0.05) is 11.3 Å². The van der Waals surface area contributed by atoms with Gasteiger partial charge in [-0.2, -0.15) is 0 Å². The van der Waals surface area contributed by atoms with E-state index in [1.807, 2.05) is 0 Å². The van der Waals surface area contributed by atoms with Crippen LogP contribution in [0.1, 0.15) is 32.8 Å². The molecule has 0 unspecified atom stereocenters. The van der Waals surface area contributed by atoms with Crippen molar-refractivity contribution in [3.05, 3.63) is 46.2 Å². The molecular formula is C18H16N2O4S. The summed E-state index contributed by atoms with van der Waals surface area (Å²) < 4.78 is 10.3. The number of nitrogens with one attached hydrogen (secondary N) is 1. The fourth-order valence-corrected chi connectivity index (χ4v) is 3.90. The lowest BCUT2D eigenvalue weighted by Crippen LogP contribution is -2.13. The Labute approximate surface area is 147 Å². The van der Waals surface area contributed by atoms with E-state index in [-0.39, 0.29) is 12.3 Å². The molecule has 2 aromatic heterocycles. The molecule has 3 aromatic rings. The van der Waals surface area contributed by atoms with Crippen LogP contribution in [0.25, 0.3) is 11.0 Å². The predicted molar refractivity (Wildman–Crippen MR) is 94.0 cm³/mol. The van der Waals surface area contributed by atoms with Crippen LogP contribution in [-0.2, 0) is 28.8 Å². The van der Waals surface area contributed by atoms with Crippen LogP contribution < -0.4 is 5.32 Å². The number of carbonyl (C=O) groups is 2. The van der Waals surface area contributed by atoms with Gasteiger partial charge >= 0.3 is 5.97 Å². The first kappa shape index (κ1) is 15.8. The number of aromatic nitrogens is 1. The molecule has 1 aliphatic carbocycles. The molecule has 0 saturated heterocycles. The Bertz CT molecular complexity index is 973. The topological polar surface area (TPSA) is 81.4 Å². The summed E-state index contributed by atoms with van der Waals surface area (Å²) in [6.07, 6.45) is 6.57. The molecule has 2 heterocycles. The first-order valence-corrected chi connectivity index (χ1v) is 8.81. The molecule has 25 heavy (non-hydrogen) atoms. The lowest BCUT2D eigenvalue weighted by atomic mass is 10.0. The Morgan fingerprint density at radius 3 is 2.92 bits per heavy atom. The Balaban J connectivity index is 1.50. The summed E-state index contributed by atoms with van der Waals surface area (Å²) in [6.45, 7) is 0. The van der Waals surface area contributed by atoms with Crippen molar-refractivity contribution in [2.24, 2.45) is 0 Å². The van der Waals surface area contributed by atoms with Gasteiger partial charge in [0.1, 0.15) is 10.5 Å². The number of carbonyl (C=O) groups excluding carboxylic acids is 2.